The minimum atomic E-state index is -0.171. The first-order chi connectivity index (χ1) is 13.7. The molecule has 28 heavy (non-hydrogen) atoms. The Morgan fingerprint density at radius 1 is 1.04 bits per heavy atom. The van der Waals surface area contributed by atoms with E-state index in [9.17, 15) is 4.79 Å². The smallest absolute Gasteiger partial charge is 0.277 e. The summed E-state index contributed by atoms with van der Waals surface area (Å²) in [4.78, 5) is 23.8. The summed E-state index contributed by atoms with van der Waals surface area (Å²) in [6, 6.07) is 21.2. The van der Waals surface area contributed by atoms with Crippen molar-refractivity contribution >= 4 is 17.4 Å². The summed E-state index contributed by atoms with van der Waals surface area (Å²) < 4.78 is 5.05. The highest BCUT2D eigenvalue weighted by Gasteiger charge is 2.20. The van der Waals surface area contributed by atoms with Crippen LogP contribution in [0.5, 0.6) is 0 Å². The Bertz CT molecular complexity index is 901. The summed E-state index contributed by atoms with van der Waals surface area (Å²) in [6.45, 7) is 3.39. The summed E-state index contributed by atoms with van der Waals surface area (Å²) in [5, 5.41) is 3.16. The van der Waals surface area contributed by atoms with Crippen LogP contribution in [0, 0.1) is 6.92 Å². The molecule has 0 unspecified atom stereocenters. The van der Waals surface area contributed by atoms with Crippen LogP contribution in [0.1, 0.15) is 21.9 Å². The van der Waals surface area contributed by atoms with Gasteiger partial charge in [0.05, 0.1) is 13.2 Å². The Balaban J connectivity index is 1.90. The molecule has 0 aliphatic rings. The number of anilines is 2. The monoisotopic (exact) mass is 376 g/mol. The number of nitrogens with one attached hydrogen (secondary N) is 1. The number of rotatable bonds is 8. The molecule has 2 aromatic carbocycles. The van der Waals surface area contributed by atoms with Gasteiger partial charge in [-0.25, -0.2) is 9.97 Å². The molecule has 144 valence electrons. The molecule has 0 atom stereocenters. The van der Waals surface area contributed by atoms with Crippen molar-refractivity contribution in [2.75, 3.05) is 30.5 Å². The quantitative estimate of drug-likeness (QED) is 0.607. The number of aromatic nitrogens is 2. The van der Waals surface area contributed by atoms with E-state index in [0.717, 1.165) is 11.3 Å². The van der Waals surface area contributed by atoms with Crippen molar-refractivity contribution in [1.82, 2.24) is 9.97 Å². The first-order valence-corrected chi connectivity index (χ1v) is 9.16. The summed E-state index contributed by atoms with van der Waals surface area (Å²) in [6.07, 6.45) is 0. The van der Waals surface area contributed by atoms with Crippen LogP contribution >= 0.6 is 0 Å². The van der Waals surface area contributed by atoms with Gasteiger partial charge in [0.2, 0.25) is 0 Å². The van der Waals surface area contributed by atoms with Crippen LogP contribution < -0.4 is 10.2 Å². The number of hydrogen-bond donors (Lipinski definition) is 1. The molecular weight excluding hydrogens is 352 g/mol. The number of carbonyl (C=O) groups excluding carboxylic acids is 1. The zero-order valence-corrected chi connectivity index (χ0v) is 16.1. The molecule has 3 aromatic rings. The second kappa shape index (κ2) is 9.62. The maximum atomic E-state index is 13.4. The third-order valence-corrected chi connectivity index (χ3v) is 4.17. The summed E-state index contributed by atoms with van der Waals surface area (Å²) in [5.74, 6) is 0.981. The maximum Gasteiger partial charge on any atom is 0.277 e. The van der Waals surface area contributed by atoms with Gasteiger partial charge in [-0.2, -0.15) is 0 Å². The molecule has 0 saturated heterocycles. The van der Waals surface area contributed by atoms with Crippen molar-refractivity contribution < 1.29 is 9.53 Å². The lowest BCUT2D eigenvalue weighted by molar-refractivity contribution is 0.0980. The fraction of sp³-hybridized carbons (Fsp3) is 0.227. The number of amides is 1. The Kier molecular flexibility index (Phi) is 6.70. The molecule has 0 spiro atoms. The first kappa shape index (κ1) is 19.5. The van der Waals surface area contributed by atoms with E-state index in [0.29, 0.717) is 37.0 Å². The lowest BCUT2D eigenvalue weighted by Gasteiger charge is -2.23. The molecular formula is C22H24N4O2. The highest BCUT2D eigenvalue weighted by molar-refractivity contribution is 6.05. The van der Waals surface area contributed by atoms with Gasteiger partial charge in [0.1, 0.15) is 17.3 Å². The van der Waals surface area contributed by atoms with Gasteiger partial charge in [-0.15, -0.1) is 0 Å². The van der Waals surface area contributed by atoms with E-state index < -0.39 is 0 Å². The number of aryl methyl sites for hydroxylation is 1. The van der Waals surface area contributed by atoms with Gasteiger partial charge >= 0.3 is 0 Å². The van der Waals surface area contributed by atoms with Crippen LogP contribution in [0.15, 0.2) is 66.7 Å². The SMILES string of the molecule is COCCNc1cc(C(=O)N(Cc2ccccc2)c2ccccc2)nc(C)n1. The molecule has 0 saturated carbocycles. The molecule has 0 fully saturated rings. The minimum Gasteiger partial charge on any atom is -0.383 e. The molecule has 0 aliphatic carbocycles. The molecule has 0 aliphatic heterocycles. The summed E-state index contributed by atoms with van der Waals surface area (Å²) in [7, 11) is 1.64. The number of methoxy groups -OCH3 is 1. The van der Waals surface area contributed by atoms with Crippen molar-refractivity contribution in [3.05, 3.63) is 83.8 Å². The van der Waals surface area contributed by atoms with E-state index in [1.165, 1.54) is 0 Å². The topological polar surface area (TPSA) is 67.3 Å². The maximum absolute atomic E-state index is 13.4. The van der Waals surface area contributed by atoms with Crippen molar-refractivity contribution in [3.63, 3.8) is 0 Å². The van der Waals surface area contributed by atoms with E-state index >= 15 is 0 Å². The zero-order chi connectivity index (χ0) is 19.8. The highest BCUT2D eigenvalue weighted by Crippen LogP contribution is 2.20. The average molecular weight is 376 g/mol. The third-order valence-electron chi connectivity index (χ3n) is 4.17. The van der Waals surface area contributed by atoms with Crippen LogP contribution in [-0.4, -0.2) is 36.1 Å². The molecule has 1 N–H and O–H groups in total. The first-order valence-electron chi connectivity index (χ1n) is 9.16. The van der Waals surface area contributed by atoms with Crippen LogP contribution in [0.25, 0.3) is 0 Å². The van der Waals surface area contributed by atoms with E-state index in [1.54, 1.807) is 25.0 Å². The molecule has 1 heterocycles. The van der Waals surface area contributed by atoms with Gasteiger partial charge in [0.15, 0.2) is 0 Å². The predicted molar refractivity (Wildman–Crippen MR) is 111 cm³/mol. The van der Waals surface area contributed by atoms with Crippen LogP contribution in [0.2, 0.25) is 0 Å². The number of carbonyl (C=O) groups is 1. The van der Waals surface area contributed by atoms with Gasteiger partial charge in [-0.3, -0.25) is 4.79 Å². The normalized spacial score (nSPS) is 10.5. The van der Waals surface area contributed by atoms with E-state index in [-0.39, 0.29) is 5.91 Å². The van der Waals surface area contributed by atoms with E-state index in [4.69, 9.17) is 4.74 Å². The highest BCUT2D eigenvalue weighted by atomic mass is 16.5. The number of para-hydroxylation sites is 1. The molecule has 0 radical (unpaired) electrons. The van der Waals surface area contributed by atoms with Gasteiger partial charge in [-0.1, -0.05) is 48.5 Å². The van der Waals surface area contributed by atoms with E-state index in [2.05, 4.69) is 15.3 Å². The number of hydrogen-bond acceptors (Lipinski definition) is 5. The standard InChI is InChI=1S/C22H24N4O2/c1-17-24-20(15-21(25-17)23-13-14-28-2)22(27)26(19-11-7-4-8-12-19)16-18-9-5-3-6-10-18/h3-12,15H,13-14,16H2,1-2H3,(H,23,24,25). The molecule has 1 amide bonds. The number of benzene rings is 2. The average Bonchev–Trinajstić information content (AvgIpc) is 2.73. The fourth-order valence-electron chi connectivity index (χ4n) is 2.84. The second-order valence-electron chi connectivity index (χ2n) is 6.32. The largest absolute Gasteiger partial charge is 0.383 e. The van der Waals surface area contributed by atoms with Crippen LogP contribution in [0.4, 0.5) is 11.5 Å². The Morgan fingerprint density at radius 2 is 1.71 bits per heavy atom. The lowest BCUT2D eigenvalue weighted by Crippen LogP contribution is -2.31. The summed E-state index contributed by atoms with van der Waals surface area (Å²) >= 11 is 0. The fourth-order valence-corrected chi connectivity index (χ4v) is 2.84. The zero-order valence-electron chi connectivity index (χ0n) is 16.1. The van der Waals surface area contributed by atoms with Crippen molar-refractivity contribution in [1.29, 1.82) is 0 Å². The number of nitrogens with zero attached hydrogens (tertiary/aromatic N) is 3. The van der Waals surface area contributed by atoms with Gasteiger partial charge < -0.3 is 15.0 Å². The van der Waals surface area contributed by atoms with Crippen molar-refractivity contribution in [3.8, 4) is 0 Å². The molecule has 6 heteroatoms. The van der Waals surface area contributed by atoms with Crippen LogP contribution in [-0.2, 0) is 11.3 Å². The molecule has 6 nitrogen and oxygen atoms in total. The van der Waals surface area contributed by atoms with Crippen molar-refractivity contribution in [2.45, 2.75) is 13.5 Å². The van der Waals surface area contributed by atoms with Crippen molar-refractivity contribution in [2.24, 2.45) is 0 Å². The van der Waals surface area contributed by atoms with Gasteiger partial charge in [0.25, 0.3) is 5.91 Å². The summed E-state index contributed by atoms with van der Waals surface area (Å²) in [5.41, 5.74) is 2.22. The molecule has 1 aromatic heterocycles. The predicted octanol–water partition coefficient (Wildman–Crippen LogP) is 3.69. The molecule has 0 bridgehead atoms. The third kappa shape index (κ3) is 5.14. The van der Waals surface area contributed by atoms with Gasteiger partial charge in [0, 0.05) is 25.4 Å². The minimum absolute atomic E-state index is 0.171. The number of ether oxygens (including phenoxy) is 1. The lowest BCUT2D eigenvalue weighted by atomic mass is 10.1. The van der Waals surface area contributed by atoms with E-state index in [1.807, 2.05) is 60.7 Å². The Labute approximate surface area is 165 Å². The second-order valence-corrected chi connectivity index (χ2v) is 6.32. The Hall–Kier alpha value is -3.25. The molecule has 3 rings (SSSR count). The van der Waals surface area contributed by atoms with Crippen LogP contribution in [0.3, 0.4) is 0 Å². The Morgan fingerprint density at radius 3 is 2.39 bits per heavy atom. The van der Waals surface area contributed by atoms with Gasteiger partial charge in [-0.05, 0) is 24.6 Å².